The first-order valence-electron chi connectivity index (χ1n) is 3.57. The smallest absolute Gasteiger partial charge is 0.331 e. The van der Waals surface area contributed by atoms with E-state index in [1.807, 2.05) is 0 Å². The zero-order valence-electron chi connectivity index (χ0n) is 6.77. The molecule has 12 heavy (non-hydrogen) atoms. The minimum absolute atomic E-state index is 0.338. The van der Waals surface area contributed by atoms with Crippen LogP contribution in [0.5, 0.6) is 0 Å². The van der Waals surface area contributed by atoms with Crippen LogP contribution in [0, 0.1) is 0 Å². The summed E-state index contributed by atoms with van der Waals surface area (Å²) in [6.07, 6.45) is 5.06. The van der Waals surface area contributed by atoms with Crippen LogP contribution in [-0.2, 0) is 11.3 Å². The Kier molecular flexibility index (Phi) is 2.63. The Labute approximate surface area is 70.1 Å². The van der Waals surface area contributed by atoms with Crippen molar-refractivity contribution in [3.8, 4) is 0 Å². The molecule has 0 unspecified atom stereocenters. The van der Waals surface area contributed by atoms with Gasteiger partial charge in [-0.25, -0.2) is 4.79 Å². The first-order valence-corrected chi connectivity index (χ1v) is 3.57. The van der Waals surface area contributed by atoms with E-state index in [0.717, 1.165) is 0 Å². The van der Waals surface area contributed by atoms with Crippen LogP contribution < -0.4 is 0 Å². The van der Waals surface area contributed by atoms with Crippen molar-refractivity contribution in [1.82, 2.24) is 9.78 Å². The highest BCUT2D eigenvalue weighted by Crippen LogP contribution is 1.93. The van der Waals surface area contributed by atoms with Gasteiger partial charge in [-0.1, -0.05) is 6.08 Å². The van der Waals surface area contributed by atoms with Crippen molar-refractivity contribution < 1.29 is 9.90 Å². The molecule has 4 heteroatoms. The molecular formula is C8H10N2O2. The topological polar surface area (TPSA) is 55.1 Å². The third-order valence-corrected chi connectivity index (χ3v) is 1.48. The fourth-order valence-electron chi connectivity index (χ4n) is 0.726. The zero-order chi connectivity index (χ0) is 8.97. The van der Waals surface area contributed by atoms with E-state index in [4.69, 9.17) is 5.11 Å². The van der Waals surface area contributed by atoms with E-state index in [0.29, 0.717) is 12.1 Å². The number of carbonyl (C=O) groups is 1. The van der Waals surface area contributed by atoms with Crippen molar-refractivity contribution in [3.05, 3.63) is 30.1 Å². The number of hydrogen-bond donors (Lipinski definition) is 1. The van der Waals surface area contributed by atoms with Gasteiger partial charge < -0.3 is 5.11 Å². The maximum absolute atomic E-state index is 10.4. The standard InChI is InChI=1S/C8H10N2O2/c1-7(8(11)12)3-6-10-5-2-4-9-10/h2-5H,6H2,1H3,(H,11,12). The minimum atomic E-state index is -0.887. The Morgan fingerprint density at radius 2 is 2.50 bits per heavy atom. The lowest BCUT2D eigenvalue weighted by atomic mass is 10.3. The summed E-state index contributed by atoms with van der Waals surface area (Å²) in [6.45, 7) is 2.07. The van der Waals surface area contributed by atoms with Gasteiger partial charge in [0, 0.05) is 18.0 Å². The van der Waals surface area contributed by atoms with E-state index in [1.165, 1.54) is 0 Å². The first-order chi connectivity index (χ1) is 5.70. The third-order valence-electron chi connectivity index (χ3n) is 1.48. The van der Waals surface area contributed by atoms with Crippen LogP contribution in [0.1, 0.15) is 6.92 Å². The first kappa shape index (κ1) is 8.52. The number of rotatable bonds is 3. The van der Waals surface area contributed by atoms with Gasteiger partial charge in [0.25, 0.3) is 0 Å². The van der Waals surface area contributed by atoms with Crippen molar-refractivity contribution in [2.75, 3.05) is 0 Å². The van der Waals surface area contributed by atoms with Crippen molar-refractivity contribution in [1.29, 1.82) is 0 Å². The van der Waals surface area contributed by atoms with Gasteiger partial charge in [0.15, 0.2) is 0 Å². The number of aromatic nitrogens is 2. The fourth-order valence-corrected chi connectivity index (χ4v) is 0.726. The van der Waals surface area contributed by atoms with Gasteiger partial charge in [-0.05, 0) is 13.0 Å². The molecule has 0 aromatic carbocycles. The second-order valence-electron chi connectivity index (χ2n) is 2.42. The SMILES string of the molecule is CC(=CCn1cccn1)C(=O)O. The molecule has 0 aliphatic heterocycles. The molecule has 1 rings (SSSR count). The molecule has 4 nitrogen and oxygen atoms in total. The Hall–Kier alpha value is -1.58. The van der Waals surface area contributed by atoms with E-state index in [-0.39, 0.29) is 0 Å². The lowest BCUT2D eigenvalue weighted by Gasteiger charge is -1.95. The summed E-state index contributed by atoms with van der Waals surface area (Å²) in [7, 11) is 0. The molecule has 0 saturated heterocycles. The van der Waals surface area contributed by atoms with Gasteiger partial charge in [-0.2, -0.15) is 5.10 Å². The van der Waals surface area contributed by atoms with Crippen LogP contribution in [0.25, 0.3) is 0 Å². The van der Waals surface area contributed by atoms with Crippen LogP contribution in [0.2, 0.25) is 0 Å². The summed E-state index contributed by atoms with van der Waals surface area (Å²) in [5.41, 5.74) is 0.338. The quantitative estimate of drug-likeness (QED) is 0.679. The predicted octanol–water partition coefficient (Wildman–Crippen LogP) is 0.914. The molecule has 0 amide bonds. The Balaban J connectivity index is 2.55. The van der Waals surface area contributed by atoms with E-state index in [9.17, 15) is 4.79 Å². The second kappa shape index (κ2) is 3.71. The summed E-state index contributed by atoms with van der Waals surface area (Å²) in [4.78, 5) is 10.4. The van der Waals surface area contributed by atoms with Crippen molar-refractivity contribution in [3.63, 3.8) is 0 Å². The average molecular weight is 166 g/mol. The van der Waals surface area contributed by atoms with Gasteiger partial charge in [-0.15, -0.1) is 0 Å². The largest absolute Gasteiger partial charge is 0.478 e. The monoisotopic (exact) mass is 166 g/mol. The Bertz CT molecular complexity index is 288. The molecule has 1 aromatic rings. The lowest BCUT2D eigenvalue weighted by molar-refractivity contribution is -0.132. The van der Waals surface area contributed by atoms with Crippen LogP contribution in [-0.4, -0.2) is 20.9 Å². The number of carboxylic acid groups (broad SMARTS) is 1. The molecule has 64 valence electrons. The molecule has 0 radical (unpaired) electrons. The minimum Gasteiger partial charge on any atom is -0.478 e. The Morgan fingerprint density at radius 1 is 1.75 bits per heavy atom. The van der Waals surface area contributed by atoms with Crippen molar-refractivity contribution in [2.24, 2.45) is 0 Å². The highest BCUT2D eigenvalue weighted by molar-refractivity contribution is 5.85. The number of aliphatic carboxylic acids is 1. The third kappa shape index (κ3) is 2.23. The molecule has 0 bridgehead atoms. The predicted molar refractivity (Wildman–Crippen MR) is 43.6 cm³/mol. The molecule has 0 spiro atoms. The van der Waals surface area contributed by atoms with E-state index >= 15 is 0 Å². The summed E-state index contributed by atoms with van der Waals surface area (Å²) in [5, 5.41) is 12.4. The molecule has 0 saturated carbocycles. The van der Waals surface area contributed by atoms with Gasteiger partial charge in [0.05, 0.1) is 6.54 Å². The molecule has 1 N–H and O–H groups in total. The fraction of sp³-hybridized carbons (Fsp3) is 0.250. The van der Waals surface area contributed by atoms with Crippen LogP contribution in [0.4, 0.5) is 0 Å². The number of nitrogens with zero attached hydrogens (tertiary/aromatic N) is 2. The van der Waals surface area contributed by atoms with Crippen LogP contribution in [0.15, 0.2) is 30.1 Å². The van der Waals surface area contributed by atoms with Crippen LogP contribution >= 0.6 is 0 Å². The van der Waals surface area contributed by atoms with Gasteiger partial charge in [0.1, 0.15) is 0 Å². The number of allylic oxidation sites excluding steroid dienone is 1. The van der Waals surface area contributed by atoms with Gasteiger partial charge >= 0.3 is 5.97 Å². The zero-order valence-corrected chi connectivity index (χ0v) is 6.77. The Morgan fingerprint density at radius 3 is 3.00 bits per heavy atom. The highest BCUT2D eigenvalue weighted by atomic mass is 16.4. The molecule has 0 aliphatic carbocycles. The van der Waals surface area contributed by atoms with Gasteiger partial charge in [-0.3, -0.25) is 4.68 Å². The van der Waals surface area contributed by atoms with E-state index < -0.39 is 5.97 Å². The maximum atomic E-state index is 10.4. The summed E-state index contributed by atoms with van der Waals surface area (Å²) >= 11 is 0. The van der Waals surface area contributed by atoms with E-state index in [2.05, 4.69) is 5.10 Å². The van der Waals surface area contributed by atoms with Crippen molar-refractivity contribution in [2.45, 2.75) is 13.5 Å². The molecule has 0 atom stereocenters. The number of hydrogen-bond acceptors (Lipinski definition) is 2. The maximum Gasteiger partial charge on any atom is 0.331 e. The molecular weight excluding hydrogens is 156 g/mol. The second-order valence-corrected chi connectivity index (χ2v) is 2.42. The van der Waals surface area contributed by atoms with Gasteiger partial charge in [0.2, 0.25) is 0 Å². The summed E-state index contributed by atoms with van der Waals surface area (Å²) in [5.74, 6) is -0.887. The lowest BCUT2D eigenvalue weighted by Crippen LogP contribution is -2.00. The summed E-state index contributed by atoms with van der Waals surface area (Å²) in [6, 6.07) is 1.80. The number of carboxylic acids is 1. The molecule has 0 aliphatic rings. The van der Waals surface area contributed by atoms with Crippen LogP contribution in [0.3, 0.4) is 0 Å². The average Bonchev–Trinajstić information content (AvgIpc) is 2.51. The van der Waals surface area contributed by atoms with Crippen molar-refractivity contribution >= 4 is 5.97 Å². The molecule has 0 fully saturated rings. The molecule has 1 aromatic heterocycles. The summed E-state index contributed by atoms with van der Waals surface area (Å²) < 4.78 is 1.66. The normalized spacial score (nSPS) is 11.6. The molecule has 1 heterocycles. The highest BCUT2D eigenvalue weighted by Gasteiger charge is 1.97. The van der Waals surface area contributed by atoms with E-state index in [1.54, 1.807) is 36.1 Å².